The summed E-state index contributed by atoms with van der Waals surface area (Å²) in [5, 5.41) is 2.35. The van der Waals surface area contributed by atoms with Crippen LogP contribution in [-0.4, -0.2) is 19.5 Å². The molecule has 7 heteroatoms. The molecular weight excluding hydrogens is 288 g/mol. The van der Waals surface area contributed by atoms with Crippen molar-refractivity contribution in [3.8, 4) is 0 Å². The highest BCUT2D eigenvalue weighted by atomic mass is 35.5. The van der Waals surface area contributed by atoms with Crippen LogP contribution in [0.2, 0.25) is 0 Å². The lowest BCUT2D eigenvalue weighted by Crippen LogP contribution is -2.24. The van der Waals surface area contributed by atoms with Crippen molar-refractivity contribution in [3.05, 3.63) is 29.8 Å². The predicted octanol–water partition coefficient (Wildman–Crippen LogP) is 1.65. The molecule has 0 spiro atoms. The average molecular weight is 303 g/mol. The van der Waals surface area contributed by atoms with Crippen LogP contribution < -0.4 is 10.0 Å². The van der Waals surface area contributed by atoms with E-state index < -0.39 is 15.2 Å². The van der Waals surface area contributed by atoms with Crippen LogP contribution in [0, 0.1) is 5.92 Å². The van der Waals surface area contributed by atoms with Gasteiger partial charge in [0, 0.05) is 18.2 Å². The standard InChI is InChI=1S/C12H15ClN2O3S/c13-8-19(17,18)14-7-9-2-1-3-11(6-9)15-12(16)10-4-5-10/h1-3,6,10,14H,4-5,7-8H2,(H,15,16). The SMILES string of the molecule is O=C(Nc1cccc(CNS(=O)(=O)CCl)c1)C1CC1. The van der Waals surface area contributed by atoms with Crippen LogP contribution in [0.3, 0.4) is 0 Å². The summed E-state index contributed by atoms with van der Waals surface area (Å²) in [6.45, 7) is 0.155. The Balaban J connectivity index is 1.96. The van der Waals surface area contributed by atoms with Crippen molar-refractivity contribution >= 4 is 33.2 Å². The maximum atomic E-state index is 11.6. The minimum absolute atomic E-state index is 0.0264. The molecule has 1 aliphatic carbocycles. The van der Waals surface area contributed by atoms with Crippen molar-refractivity contribution in [2.24, 2.45) is 5.92 Å². The number of carbonyl (C=O) groups excluding carboxylic acids is 1. The first-order valence-corrected chi connectivity index (χ1v) is 8.12. The number of anilines is 1. The van der Waals surface area contributed by atoms with Gasteiger partial charge in [0.15, 0.2) is 0 Å². The van der Waals surface area contributed by atoms with Crippen molar-refractivity contribution in [3.63, 3.8) is 0 Å². The van der Waals surface area contributed by atoms with E-state index in [1.54, 1.807) is 24.3 Å². The van der Waals surface area contributed by atoms with Crippen LogP contribution in [0.15, 0.2) is 24.3 Å². The lowest BCUT2D eigenvalue weighted by molar-refractivity contribution is -0.117. The zero-order valence-electron chi connectivity index (χ0n) is 10.2. The number of hydrogen-bond acceptors (Lipinski definition) is 3. The first-order valence-electron chi connectivity index (χ1n) is 5.93. The second kappa shape index (κ2) is 5.90. The highest BCUT2D eigenvalue weighted by molar-refractivity contribution is 7.90. The molecule has 1 aromatic carbocycles. The van der Waals surface area contributed by atoms with Gasteiger partial charge >= 0.3 is 0 Å². The fraction of sp³-hybridized carbons (Fsp3) is 0.417. The fourth-order valence-electron chi connectivity index (χ4n) is 1.58. The Labute approximate surface area is 117 Å². The summed E-state index contributed by atoms with van der Waals surface area (Å²) < 4.78 is 24.8. The third kappa shape index (κ3) is 4.49. The first-order chi connectivity index (χ1) is 9.00. The number of rotatable bonds is 6. The van der Waals surface area contributed by atoms with Crippen LogP contribution in [0.25, 0.3) is 0 Å². The van der Waals surface area contributed by atoms with E-state index in [2.05, 4.69) is 10.0 Å². The average Bonchev–Trinajstić information content (AvgIpc) is 3.21. The van der Waals surface area contributed by atoms with Crippen molar-refractivity contribution in [2.75, 3.05) is 10.5 Å². The largest absolute Gasteiger partial charge is 0.326 e. The van der Waals surface area contributed by atoms with E-state index in [0.717, 1.165) is 18.4 Å². The summed E-state index contributed by atoms with van der Waals surface area (Å²) in [4.78, 5) is 11.6. The van der Waals surface area contributed by atoms with Gasteiger partial charge in [0.2, 0.25) is 15.9 Å². The van der Waals surface area contributed by atoms with Gasteiger partial charge in [-0.3, -0.25) is 4.79 Å². The molecule has 0 heterocycles. The second-order valence-corrected chi connectivity index (χ2v) is 6.90. The first kappa shape index (κ1) is 14.3. The Hall–Kier alpha value is -1.11. The molecule has 2 N–H and O–H groups in total. The number of benzene rings is 1. The molecule has 1 aromatic rings. The molecule has 0 bridgehead atoms. The Bertz CT molecular complexity index is 570. The van der Waals surface area contributed by atoms with E-state index in [-0.39, 0.29) is 18.4 Å². The zero-order chi connectivity index (χ0) is 13.9. The molecule has 1 aliphatic rings. The van der Waals surface area contributed by atoms with Crippen LogP contribution >= 0.6 is 11.6 Å². The summed E-state index contributed by atoms with van der Waals surface area (Å²) in [7, 11) is -3.43. The number of halogens is 1. The van der Waals surface area contributed by atoms with Crippen LogP contribution in [0.4, 0.5) is 5.69 Å². The Kier molecular flexibility index (Phi) is 4.44. The number of amides is 1. The van der Waals surface area contributed by atoms with Gasteiger partial charge < -0.3 is 5.32 Å². The van der Waals surface area contributed by atoms with Crippen LogP contribution in [0.1, 0.15) is 18.4 Å². The van der Waals surface area contributed by atoms with E-state index in [0.29, 0.717) is 5.69 Å². The summed E-state index contributed by atoms with van der Waals surface area (Å²) in [5.74, 6) is 0.164. The fourth-order valence-corrected chi connectivity index (χ4v) is 2.28. The van der Waals surface area contributed by atoms with Gasteiger partial charge in [-0.25, -0.2) is 13.1 Å². The smallest absolute Gasteiger partial charge is 0.227 e. The molecule has 5 nitrogen and oxygen atoms in total. The summed E-state index contributed by atoms with van der Waals surface area (Å²) in [6.07, 6.45) is 1.89. The molecule has 0 aromatic heterocycles. The topological polar surface area (TPSA) is 75.3 Å². The molecule has 0 radical (unpaired) electrons. The molecule has 0 atom stereocenters. The lowest BCUT2D eigenvalue weighted by Gasteiger charge is -2.08. The van der Waals surface area contributed by atoms with Gasteiger partial charge in [-0.2, -0.15) is 0 Å². The van der Waals surface area contributed by atoms with Gasteiger partial charge in [-0.05, 0) is 30.5 Å². The van der Waals surface area contributed by atoms with Gasteiger partial charge in [0.25, 0.3) is 0 Å². The lowest BCUT2D eigenvalue weighted by atomic mass is 10.2. The van der Waals surface area contributed by atoms with E-state index in [4.69, 9.17) is 11.6 Å². The summed E-state index contributed by atoms with van der Waals surface area (Å²) in [6, 6.07) is 7.08. The molecule has 1 saturated carbocycles. The van der Waals surface area contributed by atoms with Crippen LogP contribution in [-0.2, 0) is 21.4 Å². The zero-order valence-corrected chi connectivity index (χ0v) is 11.8. The monoisotopic (exact) mass is 302 g/mol. The van der Waals surface area contributed by atoms with Crippen molar-refractivity contribution < 1.29 is 13.2 Å². The number of alkyl halides is 1. The van der Waals surface area contributed by atoms with E-state index >= 15 is 0 Å². The summed E-state index contributed by atoms with van der Waals surface area (Å²) in [5.41, 5.74) is 1.45. The van der Waals surface area contributed by atoms with Gasteiger partial charge in [-0.15, -0.1) is 11.6 Å². The Morgan fingerprint density at radius 3 is 2.74 bits per heavy atom. The molecule has 1 amide bonds. The minimum Gasteiger partial charge on any atom is -0.326 e. The molecular formula is C12H15ClN2O3S. The third-order valence-electron chi connectivity index (χ3n) is 2.78. The van der Waals surface area contributed by atoms with Crippen molar-refractivity contribution in [1.29, 1.82) is 0 Å². The second-order valence-electron chi connectivity index (χ2n) is 4.51. The predicted molar refractivity (Wildman–Crippen MR) is 74.3 cm³/mol. The quantitative estimate of drug-likeness (QED) is 0.785. The number of sulfonamides is 1. The van der Waals surface area contributed by atoms with Crippen LogP contribution in [0.5, 0.6) is 0 Å². The molecule has 0 aliphatic heterocycles. The Morgan fingerprint density at radius 2 is 2.11 bits per heavy atom. The number of hydrogen-bond donors (Lipinski definition) is 2. The van der Waals surface area contributed by atoms with Gasteiger partial charge in [0.1, 0.15) is 5.21 Å². The van der Waals surface area contributed by atoms with Gasteiger partial charge in [0.05, 0.1) is 0 Å². The Morgan fingerprint density at radius 1 is 1.37 bits per heavy atom. The van der Waals surface area contributed by atoms with E-state index in [1.807, 2.05) is 0 Å². The molecule has 0 saturated heterocycles. The minimum atomic E-state index is -3.43. The molecule has 2 rings (SSSR count). The molecule has 0 unspecified atom stereocenters. The molecule has 104 valence electrons. The third-order valence-corrected chi connectivity index (χ3v) is 4.52. The van der Waals surface area contributed by atoms with Crippen molar-refractivity contribution in [2.45, 2.75) is 19.4 Å². The van der Waals surface area contributed by atoms with Gasteiger partial charge in [-0.1, -0.05) is 12.1 Å². The summed E-state index contributed by atoms with van der Waals surface area (Å²) >= 11 is 5.29. The highest BCUT2D eigenvalue weighted by Crippen LogP contribution is 2.30. The normalized spacial score (nSPS) is 15.2. The van der Waals surface area contributed by atoms with E-state index in [1.165, 1.54) is 0 Å². The number of nitrogens with one attached hydrogen (secondary N) is 2. The van der Waals surface area contributed by atoms with Crippen molar-refractivity contribution in [1.82, 2.24) is 4.72 Å². The molecule has 1 fully saturated rings. The maximum Gasteiger partial charge on any atom is 0.227 e. The highest BCUT2D eigenvalue weighted by Gasteiger charge is 2.29. The molecule has 19 heavy (non-hydrogen) atoms. The number of carbonyl (C=O) groups is 1. The maximum absolute atomic E-state index is 11.6. The van der Waals surface area contributed by atoms with E-state index in [9.17, 15) is 13.2 Å².